The van der Waals surface area contributed by atoms with Crippen LogP contribution in [0.1, 0.15) is 11.1 Å². The van der Waals surface area contributed by atoms with E-state index in [1.807, 2.05) is 19.1 Å². The van der Waals surface area contributed by atoms with Gasteiger partial charge in [0.05, 0.1) is 22.9 Å². The number of hydrogen-bond acceptors (Lipinski definition) is 6. The summed E-state index contributed by atoms with van der Waals surface area (Å²) in [7, 11) is -2.02. The molecule has 0 amide bonds. The number of nitrogens with one attached hydrogen (secondary N) is 2. The average molecular weight is 442 g/mol. The Hall–Kier alpha value is -2.94. The van der Waals surface area contributed by atoms with E-state index in [0.29, 0.717) is 28.3 Å². The molecule has 7 nitrogen and oxygen atoms in total. The topological polar surface area (TPSA) is 88.9 Å². The third-order valence-corrected chi connectivity index (χ3v) is 6.60. The number of aromatic nitrogens is 3. The Labute approximate surface area is 179 Å². The van der Waals surface area contributed by atoms with Crippen molar-refractivity contribution in [2.75, 3.05) is 12.4 Å². The zero-order valence-electron chi connectivity index (χ0n) is 16.4. The summed E-state index contributed by atoms with van der Waals surface area (Å²) in [5, 5.41) is 7.01. The molecular weight excluding hydrogens is 422 g/mol. The lowest BCUT2D eigenvalue weighted by Crippen LogP contribution is -2.12. The first-order valence-corrected chi connectivity index (χ1v) is 11.1. The van der Waals surface area contributed by atoms with Gasteiger partial charge in [0.15, 0.2) is 0 Å². The fraction of sp³-hybridized carbons (Fsp3) is 0.143. The zero-order chi connectivity index (χ0) is 21.3. The highest BCUT2D eigenvalue weighted by atomic mass is 35.5. The molecule has 3 heterocycles. The standard InChI is InChI=1S/C21H20ClN5O2S/c1-14-8-16(22)5-6-19(14)26-17-9-20-21(25-11-17)15(10-23-2)13-27(20)30(28,29)18-4-3-7-24-12-18/h3-9,11-13,23,26H,10H2,1-2H3. The van der Waals surface area contributed by atoms with E-state index in [4.69, 9.17) is 11.6 Å². The lowest BCUT2D eigenvalue weighted by atomic mass is 10.2. The third-order valence-electron chi connectivity index (χ3n) is 4.71. The van der Waals surface area contributed by atoms with Crippen molar-refractivity contribution in [2.24, 2.45) is 0 Å². The zero-order valence-corrected chi connectivity index (χ0v) is 18.0. The van der Waals surface area contributed by atoms with Crippen LogP contribution in [-0.4, -0.2) is 29.4 Å². The van der Waals surface area contributed by atoms with E-state index in [-0.39, 0.29) is 4.90 Å². The second kappa shape index (κ2) is 8.06. The Morgan fingerprint density at radius 2 is 2.00 bits per heavy atom. The summed E-state index contributed by atoms with van der Waals surface area (Å²) in [6.07, 6.45) is 6.17. The molecule has 2 N–H and O–H groups in total. The van der Waals surface area contributed by atoms with Gasteiger partial charge >= 0.3 is 0 Å². The normalized spacial score (nSPS) is 11.7. The number of nitrogens with zero attached hydrogens (tertiary/aromatic N) is 3. The second-order valence-corrected chi connectivity index (χ2v) is 9.10. The van der Waals surface area contributed by atoms with Crippen LogP contribution >= 0.6 is 11.6 Å². The summed E-state index contributed by atoms with van der Waals surface area (Å²) in [6, 6.07) is 10.4. The summed E-state index contributed by atoms with van der Waals surface area (Å²) in [5.41, 5.74) is 4.40. The summed E-state index contributed by atoms with van der Waals surface area (Å²) < 4.78 is 27.8. The van der Waals surface area contributed by atoms with Gasteiger partial charge < -0.3 is 10.6 Å². The summed E-state index contributed by atoms with van der Waals surface area (Å²) in [6.45, 7) is 2.43. The van der Waals surface area contributed by atoms with E-state index in [0.717, 1.165) is 16.8 Å². The maximum atomic E-state index is 13.3. The smallest absolute Gasteiger partial charge is 0.269 e. The van der Waals surface area contributed by atoms with Gasteiger partial charge in [-0.1, -0.05) is 11.6 Å². The van der Waals surface area contributed by atoms with Gasteiger partial charge in [-0.2, -0.15) is 0 Å². The van der Waals surface area contributed by atoms with Gasteiger partial charge in [0.2, 0.25) is 0 Å². The molecule has 30 heavy (non-hydrogen) atoms. The van der Waals surface area contributed by atoms with Gasteiger partial charge in [0, 0.05) is 41.4 Å². The SMILES string of the molecule is CNCc1cn(S(=O)(=O)c2cccnc2)c2cc(Nc3ccc(Cl)cc3C)cnc12. The number of anilines is 2. The van der Waals surface area contributed by atoms with E-state index < -0.39 is 10.0 Å². The van der Waals surface area contributed by atoms with Crippen molar-refractivity contribution in [2.45, 2.75) is 18.4 Å². The second-order valence-electron chi connectivity index (χ2n) is 6.85. The van der Waals surface area contributed by atoms with Crippen molar-refractivity contribution < 1.29 is 8.42 Å². The number of pyridine rings is 2. The highest BCUT2D eigenvalue weighted by Gasteiger charge is 2.22. The monoisotopic (exact) mass is 441 g/mol. The van der Waals surface area contributed by atoms with E-state index in [2.05, 4.69) is 20.6 Å². The predicted octanol–water partition coefficient (Wildman–Crippen LogP) is 4.09. The minimum absolute atomic E-state index is 0.116. The van der Waals surface area contributed by atoms with Crippen LogP contribution in [0.3, 0.4) is 0 Å². The molecule has 1 aromatic carbocycles. The van der Waals surface area contributed by atoms with Crippen LogP contribution in [0, 0.1) is 6.92 Å². The molecule has 4 rings (SSSR count). The Bertz CT molecular complexity index is 1320. The molecular formula is C21H20ClN5O2S. The van der Waals surface area contributed by atoms with Crippen LogP contribution in [0.2, 0.25) is 5.02 Å². The molecule has 0 aliphatic heterocycles. The van der Waals surface area contributed by atoms with Crippen molar-refractivity contribution in [3.8, 4) is 0 Å². The molecule has 3 aromatic heterocycles. The lowest BCUT2D eigenvalue weighted by Gasteiger charge is -2.11. The Balaban J connectivity index is 1.85. The Morgan fingerprint density at radius 3 is 2.70 bits per heavy atom. The van der Waals surface area contributed by atoms with Crippen LogP contribution in [0.25, 0.3) is 11.0 Å². The van der Waals surface area contributed by atoms with E-state index in [9.17, 15) is 8.42 Å². The van der Waals surface area contributed by atoms with Crippen LogP contribution in [0.5, 0.6) is 0 Å². The fourth-order valence-corrected chi connectivity index (χ4v) is 4.83. The van der Waals surface area contributed by atoms with Gasteiger partial charge in [0.25, 0.3) is 10.0 Å². The van der Waals surface area contributed by atoms with Crippen molar-refractivity contribution >= 4 is 44.0 Å². The van der Waals surface area contributed by atoms with Gasteiger partial charge in [-0.05, 0) is 55.9 Å². The van der Waals surface area contributed by atoms with Gasteiger partial charge in [-0.3, -0.25) is 9.97 Å². The first kappa shape index (κ1) is 20.3. The highest BCUT2D eigenvalue weighted by molar-refractivity contribution is 7.90. The molecule has 0 saturated heterocycles. The highest BCUT2D eigenvalue weighted by Crippen LogP contribution is 2.29. The first-order valence-electron chi connectivity index (χ1n) is 9.23. The van der Waals surface area contributed by atoms with Crippen LogP contribution < -0.4 is 10.6 Å². The molecule has 0 fully saturated rings. The Morgan fingerprint density at radius 1 is 1.17 bits per heavy atom. The summed E-state index contributed by atoms with van der Waals surface area (Å²) in [5.74, 6) is 0. The molecule has 4 aromatic rings. The fourth-order valence-electron chi connectivity index (χ4n) is 3.26. The number of halogens is 1. The number of hydrogen-bond donors (Lipinski definition) is 2. The van der Waals surface area contributed by atoms with Crippen LogP contribution in [0.15, 0.2) is 66.1 Å². The minimum Gasteiger partial charge on any atom is -0.354 e. The lowest BCUT2D eigenvalue weighted by molar-refractivity contribution is 0.588. The van der Waals surface area contributed by atoms with Crippen molar-refractivity contribution in [1.82, 2.24) is 19.3 Å². The largest absolute Gasteiger partial charge is 0.354 e. The van der Waals surface area contributed by atoms with Crippen LogP contribution in [0.4, 0.5) is 11.4 Å². The maximum Gasteiger partial charge on any atom is 0.269 e. The predicted molar refractivity (Wildman–Crippen MR) is 119 cm³/mol. The van der Waals surface area contributed by atoms with E-state index in [1.54, 1.807) is 37.6 Å². The number of fused-ring (bicyclic) bond motifs is 1. The maximum absolute atomic E-state index is 13.3. The van der Waals surface area contributed by atoms with Gasteiger partial charge in [0.1, 0.15) is 4.90 Å². The molecule has 154 valence electrons. The summed E-state index contributed by atoms with van der Waals surface area (Å²) in [4.78, 5) is 8.60. The number of aryl methyl sites for hydroxylation is 1. The number of rotatable bonds is 6. The summed E-state index contributed by atoms with van der Waals surface area (Å²) >= 11 is 6.04. The average Bonchev–Trinajstić information content (AvgIpc) is 3.10. The molecule has 0 radical (unpaired) electrons. The number of benzene rings is 1. The first-order chi connectivity index (χ1) is 14.4. The van der Waals surface area contributed by atoms with E-state index in [1.165, 1.54) is 22.4 Å². The molecule has 0 unspecified atom stereocenters. The molecule has 0 saturated carbocycles. The molecule has 0 spiro atoms. The van der Waals surface area contributed by atoms with Crippen molar-refractivity contribution in [1.29, 1.82) is 0 Å². The quantitative estimate of drug-likeness (QED) is 0.468. The Kier molecular flexibility index (Phi) is 5.46. The van der Waals surface area contributed by atoms with Crippen molar-refractivity contribution in [3.05, 3.63) is 77.3 Å². The minimum atomic E-state index is -3.83. The van der Waals surface area contributed by atoms with Crippen LogP contribution in [-0.2, 0) is 16.6 Å². The molecule has 0 aliphatic carbocycles. The third kappa shape index (κ3) is 3.77. The molecule has 9 heteroatoms. The van der Waals surface area contributed by atoms with Crippen molar-refractivity contribution in [3.63, 3.8) is 0 Å². The molecule has 0 bridgehead atoms. The molecule has 0 aliphatic rings. The van der Waals surface area contributed by atoms with E-state index >= 15 is 0 Å². The van der Waals surface area contributed by atoms with Gasteiger partial charge in [-0.25, -0.2) is 12.4 Å². The molecule has 0 atom stereocenters. The van der Waals surface area contributed by atoms with Gasteiger partial charge in [-0.15, -0.1) is 0 Å².